The zero-order valence-corrected chi connectivity index (χ0v) is 12.7. The standard InChI is InChI=1S/C16H21FN2O3/c1-12(16(21)22)18-6-3-7-19(9-8-18)15(20)11-13-4-2-5-14(17)10-13/h2,4-5,10,12H,3,6-9,11H2,1H3,(H,21,22)/t12-/m1/s1. The van der Waals surface area contributed by atoms with E-state index in [0.717, 1.165) is 6.42 Å². The van der Waals surface area contributed by atoms with Gasteiger partial charge in [0.1, 0.15) is 11.9 Å². The van der Waals surface area contributed by atoms with E-state index in [1.165, 1.54) is 12.1 Å². The van der Waals surface area contributed by atoms with Crippen molar-refractivity contribution in [2.45, 2.75) is 25.8 Å². The fraction of sp³-hybridized carbons (Fsp3) is 0.500. The van der Waals surface area contributed by atoms with Crippen LogP contribution in [0.1, 0.15) is 18.9 Å². The van der Waals surface area contributed by atoms with Gasteiger partial charge in [0.2, 0.25) is 5.91 Å². The van der Waals surface area contributed by atoms with Crippen molar-refractivity contribution in [2.75, 3.05) is 26.2 Å². The predicted molar refractivity (Wildman–Crippen MR) is 80.0 cm³/mol. The number of nitrogens with zero attached hydrogens (tertiary/aromatic N) is 2. The molecule has 1 fully saturated rings. The second-order valence-electron chi connectivity index (χ2n) is 5.59. The summed E-state index contributed by atoms with van der Waals surface area (Å²) in [5.41, 5.74) is 0.657. The van der Waals surface area contributed by atoms with Crippen LogP contribution in [-0.4, -0.2) is 59.0 Å². The van der Waals surface area contributed by atoms with Crippen molar-refractivity contribution in [1.82, 2.24) is 9.80 Å². The lowest BCUT2D eigenvalue weighted by Gasteiger charge is -2.24. The monoisotopic (exact) mass is 308 g/mol. The minimum absolute atomic E-state index is 0.0459. The van der Waals surface area contributed by atoms with Gasteiger partial charge in [-0.25, -0.2) is 4.39 Å². The Morgan fingerprint density at radius 3 is 2.73 bits per heavy atom. The molecule has 0 unspecified atom stereocenters. The van der Waals surface area contributed by atoms with E-state index in [1.807, 2.05) is 4.90 Å². The Kier molecular flexibility index (Phi) is 5.49. The Morgan fingerprint density at radius 2 is 2.05 bits per heavy atom. The van der Waals surface area contributed by atoms with Gasteiger partial charge in [-0.3, -0.25) is 14.5 Å². The molecule has 1 aliphatic rings. The molecule has 0 radical (unpaired) electrons. The first kappa shape index (κ1) is 16.4. The number of hydrogen-bond donors (Lipinski definition) is 1. The van der Waals surface area contributed by atoms with Gasteiger partial charge in [-0.2, -0.15) is 0 Å². The average Bonchev–Trinajstić information content (AvgIpc) is 2.72. The molecule has 0 saturated carbocycles. The van der Waals surface area contributed by atoms with Gasteiger partial charge in [0.05, 0.1) is 6.42 Å². The van der Waals surface area contributed by atoms with E-state index in [4.69, 9.17) is 5.11 Å². The van der Waals surface area contributed by atoms with E-state index in [-0.39, 0.29) is 18.1 Å². The molecule has 1 aliphatic heterocycles. The number of benzene rings is 1. The molecule has 1 amide bonds. The number of rotatable bonds is 4. The maximum absolute atomic E-state index is 13.2. The third-order valence-electron chi connectivity index (χ3n) is 4.03. The molecule has 1 aromatic carbocycles. The molecule has 1 aromatic rings. The first-order valence-corrected chi connectivity index (χ1v) is 7.46. The Hall–Kier alpha value is -1.95. The van der Waals surface area contributed by atoms with Crippen LogP contribution in [0.5, 0.6) is 0 Å². The van der Waals surface area contributed by atoms with Gasteiger partial charge in [0.25, 0.3) is 0 Å². The second-order valence-corrected chi connectivity index (χ2v) is 5.59. The summed E-state index contributed by atoms with van der Waals surface area (Å²) in [4.78, 5) is 27.0. The maximum Gasteiger partial charge on any atom is 0.320 e. The van der Waals surface area contributed by atoms with E-state index in [9.17, 15) is 14.0 Å². The summed E-state index contributed by atoms with van der Waals surface area (Å²) in [6.45, 7) is 3.98. The van der Waals surface area contributed by atoms with Crippen molar-refractivity contribution in [3.05, 3.63) is 35.6 Å². The van der Waals surface area contributed by atoms with Crippen LogP contribution in [0.4, 0.5) is 4.39 Å². The van der Waals surface area contributed by atoms with Gasteiger partial charge in [0, 0.05) is 26.2 Å². The summed E-state index contributed by atoms with van der Waals surface area (Å²) < 4.78 is 13.2. The highest BCUT2D eigenvalue weighted by Crippen LogP contribution is 2.11. The van der Waals surface area contributed by atoms with Crippen LogP contribution in [-0.2, 0) is 16.0 Å². The first-order valence-electron chi connectivity index (χ1n) is 7.46. The molecule has 6 heteroatoms. The van der Waals surface area contributed by atoms with Gasteiger partial charge < -0.3 is 10.0 Å². The topological polar surface area (TPSA) is 60.9 Å². The minimum atomic E-state index is -0.848. The molecule has 1 heterocycles. The molecule has 2 rings (SSSR count). The Morgan fingerprint density at radius 1 is 1.27 bits per heavy atom. The number of carboxylic acids is 1. The Labute approximate surface area is 129 Å². The summed E-state index contributed by atoms with van der Waals surface area (Å²) in [5, 5.41) is 9.06. The molecule has 22 heavy (non-hydrogen) atoms. The predicted octanol–water partition coefficient (Wildman–Crippen LogP) is 1.38. The number of carbonyl (C=O) groups is 2. The second kappa shape index (κ2) is 7.35. The van der Waals surface area contributed by atoms with E-state index in [0.29, 0.717) is 31.7 Å². The van der Waals surface area contributed by atoms with E-state index in [1.54, 1.807) is 24.0 Å². The van der Waals surface area contributed by atoms with E-state index < -0.39 is 12.0 Å². The lowest BCUT2D eigenvalue weighted by molar-refractivity contribution is -0.142. The number of hydrogen-bond acceptors (Lipinski definition) is 3. The van der Waals surface area contributed by atoms with Crippen LogP contribution in [0, 0.1) is 5.82 Å². The highest BCUT2D eigenvalue weighted by molar-refractivity contribution is 5.78. The third-order valence-corrected chi connectivity index (χ3v) is 4.03. The van der Waals surface area contributed by atoms with Crippen LogP contribution in [0.2, 0.25) is 0 Å². The SMILES string of the molecule is C[C@H](C(=O)O)N1CCCN(C(=O)Cc2cccc(F)c2)CC1. The summed E-state index contributed by atoms with van der Waals surface area (Å²) in [6, 6.07) is 5.51. The molecule has 0 aliphatic carbocycles. The summed E-state index contributed by atoms with van der Waals surface area (Å²) in [7, 11) is 0. The van der Waals surface area contributed by atoms with Crippen molar-refractivity contribution in [3.8, 4) is 0 Å². The number of amides is 1. The maximum atomic E-state index is 13.2. The van der Waals surface area contributed by atoms with Gasteiger partial charge in [0.15, 0.2) is 0 Å². The van der Waals surface area contributed by atoms with Crippen molar-refractivity contribution < 1.29 is 19.1 Å². The van der Waals surface area contributed by atoms with Crippen molar-refractivity contribution >= 4 is 11.9 Å². The molecule has 0 spiro atoms. The van der Waals surface area contributed by atoms with Crippen LogP contribution in [0.3, 0.4) is 0 Å². The third kappa shape index (κ3) is 4.27. The molecule has 1 N–H and O–H groups in total. The zero-order chi connectivity index (χ0) is 16.1. The number of aliphatic carboxylic acids is 1. The number of carbonyl (C=O) groups excluding carboxylic acids is 1. The molecular formula is C16H21FN2O3. The molecule has 0 aromatic heterocycles. The van der Waals surface area contributed by atoms with Gasteiger partial charge in [-0.1, -0.05) is 12.1 Å². The van der Waals surface area contributed by atoms with Crippen LogP contribution < -0.4 is 0 Å². The Bertz CT molecular complexity index is 550. The van der Waals surface area contributed by atoms with E-state index in [2.05, 4.69) is 0 Å². The minimum Gasteiger partial charge on any atom is -0.480 e. The molecule has 0 bridgehead atoms. The van der Waals surface area contributed by atoms with Gasteiger partial charge in [-0.15, -0.1) is 0 Å². The van der Waals surface area contributed by atoms with Crippen molar-refractivity contribution in [1.29, 1.82) is 0 Å². The smallest absolute Gasteiger partial charge is 0.320 e. The number of carboxylic acid groups (broad SMARTS) is 1. The molecule has 1 saturated heterocycles. The van der Waals surface area contributed by atoms with Crippen LogP contribution in [0.25, 0.3) is 0 Å². The number of halogens is 1. The van der Waals surface area contributed by atoms with E-state index >= 15 is 0 Å². The summed E-state index contributed by atoms with van der Waals surface area (Å²) >= 11 is 0. The van der Waals surface area contributed by atoms with Gasteiger partial charge >= 0.3 is 5.97 Å². The van der Waals surface area contributed by atoms with Crippen molar-refractivity contribution in [2.24, 2.45) is 0 Å². The molecule has 5 nitrogen and oxygen atoms in total. The van der Waals surface area contributed by atoms with Crippen LogP contribution >= 0.6 is 0 Å². The zero-order valence-electron chi connectivity index (χ0n) is 12.7. The quantitative estimate of drug-likeness (QED) is 0.913. The van der Waals surface area contributed by atoms with Crippen LogP contribution in [0.15, 0.2) is 24.3 Å². The highest BCUT2D eigenvalue weighted by Gasteiger charge is 2.25. The normalized spacial score (nSPS) is 17.8. The Balaban J connectivity index is 1.93. The average molecular weight is 308 g/mol. The largest absolute Gasteiger partial charge is 0.480 e. The fourth-order valence-electron chi connectivity index (χ4n) is 2.66. The highest BCUT2D eigenvalue weighted by atomic mass is 19.1. The summed E-state index contributed by atoms with van der Waals surface area (Å²) in [6.07, 6.45) is 0.915. The lowest BCUT2D eigenvalue weighted by Crippen LogP contribution is -2.42. The molecular weight excluding hydrogens is 287 g/mol. The lowest BCUT2D eigenvalue weighted by atomic mass is 10.1. The summed E-state index contributed by atoms with van der Waals surface area (Å²) in [5.74, 6) is -1.24. The first-order chi connectivity index (χ1) is 10.5. The van der Waals surface area contributed by atoms with Crippen molar-refractivity contribution in [3.63, 3.8) is 0 Å². The van der Waals surface area contributed by atoms with Gasteiger partial charge in [-0.05, 0) is 31.0 Å². The molecule has 1 atom stereocenters. The molecule has 120 valence electrons. The fourth-order valence-corrected chi connectivity index (χ4v) is 2.66.